The van der Waals surface area contributed by atoms with Gasteiger partial charge >= 0.3 is 5.69 Å². The molecule has 0 saturated carbocycles. The van der Waals surface area contributed by atoms with Gasteiger partial charge in [-0.25, -0.2) is 4.98 Å². The van der Waals surface area contributed by atoms with Crippen LogP contribution in [-0.4, -0.2) is 39.2 Å². The van der Waals surface area contributed by atoms with Gasteiger partial charge in [0.1, 0.15) is 5.69 Å². The Hall–Kier alpha value is -1.96. The molecule has 1 heterocycles. The fourth-order valence-corrected chi connectivity index (χ4v) is 1.80. The first-order chi connectivity index (χ1) is 8.85. The van der Waals surface area contributed by atoms with Crippen LogP contribution in [0.15, 0.2) is 0 Å². The van der Waals surface area contributed by atoms with Gasteiger partial charge in [-0.2, -0.15) is 4.98 Å². The van der Waals surface area contributed by atoms with Crippen molar-refractivity contribution in [2.24, 2.45) is 0 Å². The molecular weight excluding hydrogens is 250 g/mol. The zero-order valence-corrected chi connectivity index (χ0v) is 11.5. The van der Waals surface area contributed by atoms with Crippen LogP contribution in [0.2, 0.25) is 0 Å². The molecule has 19 heavy (non-hydrogen) atoms. The van der Waals surface area contributed by atoms with Crippen molar-refractivity contribution in [1.29, 1.82) is 0 Å². The molecule has 8 heteroatoms. The number of aliphatic hydroxyl groups is 1. The Morgan fingerprint density at radius 3 is 2.53 bits per heavy atom. The molecule has 0 saturated heterocycles. The summed E-state index contributed by atoms with van der Waals surface area (Å²) in [6.07, 6.45) is -0.0250. The Morgan fingerprint density at radius 1 is 1.42 bits per heavy atom. The van der Waals surface area contributed by atoms with Crippen LogP contribution in [0.1, 0.15) is 26.0 Å². The van der Waals surface area contributed by atoms with E-state index in [1.54, 1.807) is 20.9 Å². The minimum absolute atomic E-state index is 0.141. The molecule has 0 fully saturated rings. The van der Waals surface area contributed by atoms with Gasteiger partial charge in [0.25, 0.3) is 0 Å². The van der Waals surface area contributed by atoms with E-state index in [-0.39, 0.29) is 23.2 Å². The molecule has 2 atom stereocenters. The summed E-state index contributed by atoms with van der Waals surface area (Å²) in [5, 5.41) is 26.1. The van der Waals surface area contributed by atoms with E-state index in [0.29, 0.717) is 12.4 Å². The Labute approximate surface area is 111 Å². The van der Waals surface area contributed by atoms with Crippen molar-refractivity contribution in [3.63, 3.8) is 0 Å². The van der Waals surface area contributed by atoms with Crippen LogP contribution in [0, 0.1) is 17.0 Å². The van der Waals surface area contributed by atoms with Crippen molar-refractivity contribution in [2.45, 2.75) is 39.3 Å². The van der Waals surface area contributed by atoms with Gasteiger partial charge in [-0.1, -0.05) is 0 Å². The predicted molar refractivity (Wildman–Crippen MR) is 72.4 cm³/mol. The maximum Gasteiger partial charge on any atom is 0.332 e. The lowest BCUT2D eigenvalue weighted by Crippen LogP contribution is -2.22. The third-order valence-electron chi connectivity index (χ3n) is 2.54. The average molecular weight is 269 g/mol. The summed E-state index contributed by atoms with van der Waals surface area (Å²) in [7, 11) is 1.64. The number of nitrogens with zero attached hydrogens (tertiary/aromatic N) is 3. The van der Waals surface area contributed by atoms with Gasteiger partial charge in [0, 0.05) is 13.1 Å². The molecule has 0 aromatic carbocycles. The number of aromatic nitrogens is 2. The third kappa shape index (κ3) is 4.02. The van der Waals surface area contributed by atoms with Crippen LogP contribution in [0.3, 0.4) is 0 Å². The summed E-state index contributed by atoms with van der Waals surface area (Å²) in [5.74, 6) is 0.477. The van der Waals surface area contributed by atoms with E-state index >= 15 is 0 Å². The molecule has 0 amide bonds. The zero-order chi connectivity index (χ0) is 14.6. The quantitative estimate of drug-likeness (QED) is 0.527. The number of anilines is 2. The maximum absolute atomic E-state index is 11.1. The Bertz CT molecular complexity index is 464. The minimum Gasteiger partial charge on any atom is -0.393 e. The van der Waals surface area contributed by atoms with E-state index in [1.807, 2.05) is 6.92 Å². The number of aryl methyl sites for hydroxylation is 1. The lowest BCUT2D eigenvalue weighted by molar-refractivity contribution is -0.385. The van der Waals surface area contributed by atoms with Gasteiger partial charge in [-0.05, 0) is 27.2 Å². The number of nitrogens with one attached hydrogen (secondary N) is 2. The van der Waals surface area contributed by atoms with E-state index in [9.17, 15) is 15.2 Å². The summed E-state index contributed by atoms with van der Waals surface area (Å²) in [5.41, 5.74) is 0.146. The van der Waals surface area contributed by atoms with E-state index in [0.717, 1.165) is 0 Å². The first kappa shape index (κ1) is 15.1. The Balaban J connectivity index is 3.09. The molecule has 0 spiro atoms. The number of aliphatic hydroxyl groups excluding tert-OH is 1. The molecule has 0 radical (unpaired) electrons. The fourth-order valence-electron chi connectivity index (χ4n) is 1.80. The smallest absolute Gasteiger partial charge is 0.332 e. The van der Waals surface area contributed by atoms with Crippen LogP contribution in [0.5, 0.6) is 0 Å². The van der Waals surface area contributed by atoms with Gasteiger partial charge in [-0.15, -0.1) is 0 Å². The van der Waals surface area contributed by atoms with E-state index in [1.165, 1.54) is 0 Å². The molecule has 106 valence electrons. The van der Waals surface area contributed by atoms with Crippen LogP contribution in [-0.2, 0) is 0 Å². The monoisotopic (exact) mass is 269 g/mol. The highest BCUT2D eigenvalue weighted by atomic mass is 16.6. The molecule has 3 N–H and O–H groups in total. The number of hydrogen-bond donors (Lipinski definition) is 3. The molecule has 1 aromatic rings. The number of nitro groups is 1. The predicted octanol–water partition coefficient (Wildman–Crippen LogP) is 1.31. The van der Waals surface area contributed by atoms with Crippen molar-refractivity contribution >= 4 is 17.5 Å². The van der Waals surface area contributed by atoms with Gasteiger partial charge in [0.2, 0.25) is 11.8 Å². The maximum atomic E-state index is 11.1. The molecule has 0 aliphatic rings. The third-order valence-corrected chi connectivity index (χ3v) is 2.54. The summed E-state index contributed by atoms with van der Waals surface area (Å²) >= 11 is 0. The minimum atomic E-state index is -0.508. The molecular formula is C11H19N5O3. The Kier molecular flexibility index (Phi) is 4.99. The van der Waals surface area contributed by atoms with Crippen LogP contribution in [0.4, 0.5) is 17.5 Å². The second-order valence-corrected chi connectivity index (χ2v) is 4.47. The van der Waals surface area contributed by atoms with Crippen molar-refractivity contribution in [3.05, 3.63) is 15.8 Å². The fraction of sp³-hybridized carbons (Fsp3) is 0.636. The highest BCUT2D eigenvalue weighted by Crippen LogP contribution is 2.27. The zero-order valence-electron chi connectivity index (χ0n) is 11.5. The first-order valence-corrected chi connectivity index (χ1v) is 6.00. The summed E-state index contributed by atoms with van der Waals surface area (Å²) < 4.78 is 0. The second kappa shape index (κ2) is 6.28. The largest absolute Gasteiger partial charge is 0.393 e. The first-order valence-electron chi connectivity index (χ1n) is 6.00. The molecule has 0 aliphatic heterocycles. The molecule has 1 rings (SSSR count). The van der Waals surface area contributed by atoms with Crippen molar-refractivity contribution in [1.82, 2.24) is 9.97 Å². The SMILES string of the molecule is CNc1nc(C)c([N+](=O)[O-])c(NC(C)CC(C)O)n1. The van der Waals surface area contributed by atoms with E-state index < -0.39 is 11.0 Å². The molecule has 2 unspecified atom stereocenters. The highest BCUT2D eigenvalue weighted by molar-refractivity contribution is 5.61. The highest BCUT2D eigenvalue weighted by Gasteiger charge is 2.23. The van der Waals surface area contributed by atoms with Crippen LogP contribution in [0.25, 0.3) is 0 Å². The topological polar surface area (TPSA) is 113 Å². The molecule has 0 aliphatic carbocycles. The lowest BCUT2D eigenvalue weighted by Gasteiger charge is -2.16. The standard InChI is InChI=1S/C11H19N5O3/c1-6(5-7(2)17)13-10-9(16(18)19)8(3)14-11(12-4)15-10/h6-7,17H,5H2,1-4H3,(H2,12,13,14,15). The van der Waals surface area contributed by atoms with E-state index in [2.05, 4.69) is 20.6 Å². The van der Waals surface area contributed by atoms with Gasteiger partial charge in [0.15, 0.2) is 0 Å². The van der Waals surface area contributed by atoms with Gasteiger partial charge in [0.05, 0.1) is 11.0 Å². The summed E-state index contributed by atoms with van der Waals surface area (Å²) in [6, 6.07) is -0.141. The van der Waals surface area contributed by atoms with Crippen LogP contribution < -0.4 is 10.6 Å². The van der Waals surface area contributed by atoms with Gasteiger partial charge < -0.3 is 15.7 Å². The second-order valence-electron chi connectivity index (χ2n) is 4.47. The average Bonchev–Trinajstić information content (AvgIpc) is 2.26. The molecule has 8 nitrogen and oxygen atoms in total. The lowest BCUT2D eigenvalue weighted by atomic mass is 10.1. The van der Waals surface area contributed by atoms with Crippen molar-refractivity contribution < 1.29 is 10.0 Å². The number of rotatable bonds is 6. The van der Waals surface area contributed by atoms with Crippen molar-refractivity contribution in [3.8, 4) is 0 Å². The summed E-state index contributed by atoms with van der Waals surface area (Å²) in [4.78, 5) is 18.6. The Morgan fingerprint density at radius 2 is 2.05 bits per heavy atom. The number of hydrogen-bond acceptors (Lipinski definition) is 7. The van der Waals surface area contributed by atoms with Crippen molar-refractivity contribution in [2.75, 3.05) is 17.7 Å². The molecule has 0 bridgehead atoms. The normalized spacial score (nSPS) is 13.7. The summed E-state index contributed by atoms with van der Waals surface area (Å²) in [6.45, 7) is 5.05. The van der Waals surface area contributed by atoms with Gasteiger partial charge in [-0.3, -0.25) is 10.1 Å². The molecule has 1 aromatic heterocycles. The van der Waals surface area contributed by atoms with E-state index in [4.69, 9.17) is 0 Å². The van der Waals surface area contributed by atoms with Crippen LogP contribution >= 0.6 is 0 Å².